The van der Waals surface area contributed by atoms with Gasteiger partial charge in [0.2, 0.25) is 5.91 Å². The lowest BCUT2D eigenvalue weighted by atomic mass is 10.1. The summed E-state index contributed by atoms with van der Waals surface area (Å²) in [5.41, 5.74) is 1.04. The average molecular weight is 485 g/mol. The van der Waals surface area contributed by atoms with Gasteiger partial charge in [0.1, 0.15) is 12.3 Å². The van der Waals surface area contributed by atoms with Gasteiger partial charge in [0.05, 0.1) is 38.0 Å². The maximum Gasteiger partial charge on any atom is 0.264 e. The van der Waals surface area contributed by atoms with Crippen LogP contribution >= 0.6 is 0 Å². The van der Waals surface area contributed by atoms with Gasteiger partial charge in [-0.25, -0.2) is 8.42 Å². The number of sulfonamides is 1. The van der Waals surface area contributed by atoms with Crippen LogP contribution in [-0.2, 0) is 14.8 Å². The SMILES string of the molecule is COc1ccc(N(CC(=O)N[C@@H](C)c2ccccc2OC)S(=O)(=O)c2ccccc2)cc1OC. The van der Waals surface area contributed by atoms with Crippen LogP contribution in [-0.4, -0.2) is 42.2 Å². The minimum Gasteiger partial charge on any atom is -0.496 e. The molecule has 0 spiro atoms. The van der Waals surface area contributed by atoms with Crippen molar-refractivity contribution in [2.45, 2.75) is 17.9 Å². The Kier molecular flexibility index (Phi) is 8.01. The number of nitrogens with zero attached hydrogens (tertiary/aromatic N) is 1. The van der Waals surface area contributed by atoms with Gasteiger partial charge in [0.25, 0.3) is 10.0 Å². The second kappa shape index (κ2) is 10.9. The van der Waals surface area contributed by atoms with Gasteiger partial charge in [-0.2, -0.15) is 0 Å². The summed E-state index contributed by atoms with van der Waals surface area (Å²) >= 11 is 0. The van der Waals surface area contributed by atoms with Gasteiger partial charge in [0.15, 0.2) is 11.5 Å². The van der Waals surface area contributed by atoms with E-state index in [1.54, 1.807) is 43.5 Å². The molecule has 1 atom stereocenters. The number of nitrogens with one attached hydrogen (secondary N) is 1. The molecular weight excluding hydrogens is 456 g/mol. The molecule has 34 heavy (non-hydrogen) atoms. The zero-order chi connectivity index (χ0) is 24.7. The van der Waals surface area contributed by atoms with E-state index < -0.39 is 28.5 Å². The van der Waals surface area contributed by atoms with Crippen molar-refractivity contribution in [3.05, 3.63) is 78.4 Å². The van der Waals surface area contributed by atoms with Crippen molar-refractivity contribution in [2.75, 3.05) is 32.2 Å². The third kappa shape index (κ3) is 5.43. The van der Waals surface area contributed by atoms with Crippen LogP contribution in [0.4, 0.5) is 5.69 Å². The van der Waals surface area contributed by atoms with Crippen molar-refractivity contribution in [1.29, 1.82) is 0 Å². The summed E-state index contributed by atoms with van der Waals surface area (Å²) in [7, 11) is 0.445. The number of rotatable bonds is 10. The van der Waals surface area contributed by atoms with Crippen molar-refractivity contribution < 1.29 is 27.4 Å². The second-order valence-electron chi connectivity index (χ2n) is 7.40. The fraction of sp³-hybridized carbons (Fsp3) is 0.240. The molecule has 1 amide bonds. The van der Waals surface area contributed by atoms with Crippen LogP contribution in [0, 0.1) is 0 Å². The predicted molar refractivity (Wildman–Crippen MR) is 130 cm³/mol. The minimum absolute atomic E-state index is 0.0651. The van der Waals surface area contributed by atoms with Crippen molar-refractivity contribution >= 4 is 21.6 Å². The molecule has 0 radical (unpaired) electrons. The monoisotopic (exact) mass is 484 g/mol. The van der Waals surface area contributed by atoms with Gasteiger partial charge in [-0.1, -0.05) is 36.4 Å². The highest BCUT2D eigenvalue weighted by atomic mass is 32.2. The Balaban J connectivity index is 1.95. The maximum absolute atomic E-state index is 13.5. The highest BCUT2D eigenvalue weighted by molar-refractivity contribution is 7.92. The van der Waals surface area contributed by atoms with Crippen molar-refractivity contribution in [3.8, 4) is 17.2 Å². The average Bonchev–Trinajstić information content (AvgIpc) is 2.87. The molecule has 0 aliphatic rings. The van der Waals surface area contributed by atoms with E-state index in [2.05, 4.69) is 5.32 Å². The van der Waals surface area contributed by atoms with Crippen molar-refractivity contribution in [3.63, 3.8) is 0 Å². The standard InChI is InChI=1S/C25H28N2O6S/c1-18(21-12-8-9-13-22(21)31-2)26-25(28)17-27(34(29,30)20-10-6-5-7-11-20)19-14-15-23(32-3)24(16-19)33-4/h5-16,18H,17H2,1-4H3,(H,26,28)/t18-/m0/s1. The fourth-order valence-corrected chi connectivity index (χ4v) is 4.97. The van der Waals surface area contributed by atoms with E-state index in [9.17, 15) is 13.2 Å². The Hall–Kier alpha value is -3.72. The number of para-hydroxylation sites is 1. The number of carbonyl (C=O) groups is 1. The summed E-state index contributed by atoms with van der Waals surface area (Å²) in [6, 6.07) is 19.6. The number of hydrogen-bond acceptors (Lipinski definition) is 6. The Morgan fingerprint density at radius 2 is 1.47 bits per heavy atom. The minimum atomic E-state index is -4.06. The lowest BCUT2D eigenvalue weighted by Crippen LogP contribution is -2.41. The molecule has 3 aromatic carbocycles. The van der Waals surface area contributed by atoms with Crippen LogP contribution in [0.5, 0.6) is 17.2 Å². The summed E-state index contributed by atoms with van der Waals surface area (Å²) < 4.78 is 44.1. The number of carbonyl (C=O) groups excluding carboxylic acids is 1. The Morgan fingerprint density at radius 1 is 0.853 bits per heavy atom. The highest BCUT2D eigenvalue weighted by Crippen LogP contribution is 2.34. The van der Waals surface area contributed by atoms with Crippen molar-refractivity contribution in [2.24, 2.45) is 0 Å². The van der Waals surface area contributed by atoms with Gasteiger partial charge in [0, 0.05) is 11.6 Å². The number of benzene rings is 3. The molecule has 9 heteroatoms. The summed E-state index contributed by atoms with van der Waals surface area (Å²) in [6.07, 6.45) is 0. The molecular formula is C25H28N2O6S. The van der Waals surface area contributed by atoms with Crippen LogP contribution in [0.3, 0.4) is 0 Å². The molecule has 0 aliphatic heterocycles. The number of amides is 1. The largest absolute Gasteiger partial charge is 0.496 e. The third-order valence-electron chi connectivity index (χ3n) is 5.26. The van der Waals surface area contributed by atoms with Gasteiger partial charge in [-0.3, -0.25) is 9.10 Å². The molecule has 8 nitrogen and oxygen atoms in total. The molecule has 0 aliphatic carbocycles. The highest BCUT2D eigenvalue weighted by Gasteiger charge is 2.28. The van der Waals surface area contributed by atoms with Gasteiger partial charge >= 0.3 is 0 Å². The molecule has 0 aromatic heterocycles. The van der Waals surface area contributed by atoms with Crippen LogP contribution in [0.25, 0.3) is 0 Å². The maximum atomic E-state index is 13.5. The second-order valence-corrected chi connectivity index (χ2v) is 9.26. The predicted octanol–water partition coefficient (Wildman–Crippen LogP) is 3.79. The number of anilines is 1. The molecule has 0 saturated carbocycles. The molecule has 0 saturated heterocycles. The topological polar surface area (TPSA) is 94.2 Å². The summed E-state index contributed by atoms with van der Waals surface area (Å²) in [5.74, 6) is 0.935. The lowest BCUT2D eigenvalue weighted by Gasteiger charge is -2.26. The molecule has 0 heterocycles. The molecule has 3 aromatic rings. The molecule has 0 bridgehead atoms. The quantitative estimate of drug-likeness (QED) is 0.471. The smallest absolute Gasteiger partial charge is 0.264 e. The molecule has 3 rings (SSSR count). The molecule has 1 N–H and O–H groups in total. The Bertz CT molecular complexity index is 1230. The first kappa shape index (κ1) is 24.9. The first-order valence-corrected chi connectivity index (χ1v) is 12.0. The van der Waals surface area contributed by atoms with E-state index in [1.807, 2.05) is 25.1 Å². The van der Waals surface area contributed by atoms with Crippen LogP contribution < -0.4 is 23.8 Å². The zero-order valence-corrected chi connectivity index (χ0v) is 20.3. The van der Waals surface area contributed by atoms with Crippen LogP contribution in [0.15, 0.2) is 77.7 Å². The Morgan fingerprint density at radius 3 is 2.12 bits per heavy atom. The number of methoxy groups -OCH3 is 3. The number of ether oxygens (including phenoxy) is 3. The van der Waals surface area contributed by atoms with E-state index in [1.165, 1.54) is 32.4 Å². The summed E-state index contributed by atoms with van der Waals surface area (Å²) in [6.45, 7) is 1.37. The molecule has 0 fully saturated rings. The molecule has 0 unspecified atom stereocenters. The van der Waals surface area contributed by atoms with E-state index >= 15 is 0 Å². The summed E-state index contributed by atoms with van der Waals surface area (Å²) in [4.78, 5) is 13.1. The first-order chi connectivity index (χ1) is 16.3. The number of hydrogen-bond donors (Lipinski definition) is 1. The third-order valence-corrected chi connectivity index (χ3v) is 7.04. The lowest BCUT2D eigenvalue weighted by molar-refractivity contribution is -0.120. The zero-order valence-electron chi connectivity index (χ0n) is 19.5. The van der Waals surface area contributed by atoms with Crippen molar-refractivity contribution in [1.82, 2.24) is 5.32 Å². The van der Waals surface area contributed by atoms with E-state index in [0.29, 0.717) is 17.2 Å². The normalized spacial score (nSPS) is 11.9. The van der Waals surface area contributed by atoms with Gasteiger partial charge in [-0.15, -0.1) is 0 Å². The fourth-order valence-electron chi connectivity index (χ4n) is 3.53. The Labute approximate surface area is 200 Å². The van der Waals surface area contributed by atoms with Crippen LogP contribution in [0.2, 0.25) is 0 Å². The van der Waals surface area contributed by atoms with Crippen LogP contribution in [0.1, 0.15) is 18.5 Å². The molecule has 180 valence electrons. The van der Waals surface area contributed by atoms with Gasteiger partial charge < -0.3 is 19.5 Å². The van der Waals surface area contributed by atoms with E-state index in [0.717, 1.165) is 9.87 Å². The van der Waals surface area contributed by atoms with Gasteiger partial charge in [-0.05, 0) is 37.3 Å². The first-order valence-electron chi connectivity index (χ1n) is 10.5. The van der Waals surface area contributed by atoms with E-state index in [4.69, 9.17) is 14.2 Å². The van der Waals surface area contributed by atoms with E-state index in [-0.39, 0.29) is 10.6 Å². The summed E-state index contributed by atoms with van der Waals surface area (Å²) in [5, 5.41) is 2.86.